The summed E-state index contributed by atoms with van der Waals surface area (Å²) in [4.78, 5) is 25.3. The number of aliphatic imine (C=N–C) groups is 1. The Labute approximate surface area is 139 Å². The fourth-order valence-electron chi connectivity index (χ4n) is 1.88. The Morgan fingerprint density at radius 2 is 2.04 bits per heavy atom. The summed E-state index contributed by atoms with van der Waals surface area (Å²) in [6.07, 6.45) is 1.29. The zero-order valence-corrected chi connectivity index (χ0v) is 13.4. The number of nitro groups is 1. The van der Waals surface area contributed by atoms with Crippen molar-refractivity contribution < 1.29 is 19.9 Å². The Hall–Kier alpha value is -2.74. The molecule has 0 radical (unpaired) electrons. The molecule has 0 aromatic heterocycles. The molecule has 2 rings (SSSR count). The number of aryl methyl sites for hydroxylation is 1. The molecule has 2 N–H and O–H groups in total. The third-order valence-electron chi connectivity index (χ3n) is 3.07. The van der Waals surface area contributed by atoms with Gasteiger partial charge in [0.25, 0.3) is 5.69 Å². The smallest absolute Gasteiger partial charge is 0.335 e. The van der Waals surface area contributed by atoms with Crippen molar-refractivity contribution in [2.45, 2.75) is 6.92 Å². The Kier molecular flexibility index (Phi) is 4.75. The minimum Gasteiger partial charge on any atom is -0.506 e. The molecule has 0 aliphatic rings. The van der Waals surface area contributed by atoms with E-state index in [0.29, 0.717) is 11.3 Å². The number of carbonyl (C=O) groups is 1. The van der Waals surface area contributed by atoms with Gasteiger partial charge < -0.3 is 10.2 Å². The minimum absolute atomic E-state index is 0.141. The number of carboxylic acids is 1. The summed E-state index contributed by atoms with van der Waals surface area (Å²) in [7, 11) is 0. The van der Waals surface area contributed by atoms with Crippen molar-refractivity contribution in [2.75, 3.05) is 0 Å². The van der Waals surface area contributed by atoms with Crippen LogP contribution in [0.25, 0.3) is 0 Å². The number of aromatic carboxylic acids is 1. The number of carboxylic acid groups (broad SMARTS) is 1. The predicted octanol–water partition coefficient (Wildman–Crippen LogP) is 3.82. The third kappa shape index (κ3) is 3.72. The van der Waals surface area contributed by atoms with Crippen molar-refractivity contribution in [3.63, 3.8) is 0 Å². The maximum Gasteiger partial charge on any atom is 0.335 e. The highest BCUT2D eigenvalue weighted by molar-refractivity contribution is 9.10. The molecule has 0 aliphatic carbocycles. The summed E-state index contributed by atoms with van der Waals surface area (Å²) in [6, 6.07) is 6.80. The van der Waals surface area contributed by atoms with Gasteiger partial charge in [0.15, 0.2) is 0 Å². The second-order valence-corrected chi connectivity index (χ2v) is 5.54. The third-order valence-corrected chi connectivity index (χ3v) is 3.68. The van der Waals surface area contributed by atoms with E-state index in [-0.39, 0.29) is 27.0 Å². The molecule has 8 heteroatoms. The second kappa shape index (κ2) is 6.57. The van der Waals surface area contributed by atoms with Gasteiger partial charge in [-0.3, -0.25) is 15.1 Å². The van der Waals surface area contributed by atoms with Gasteiger partial charge in [0, 0.05) is 23.9 Å². The molecule has 2 aromatic rings. The first kappa shape index (κ1) is 16.6. The molecule has 0 amide bonds. The summed E-state index contributed by atoms with van der Waals surface area (Å²) in [5.41, 5.74) is 1.26. The number of hydrogen-bond donors (Lipinski definition) is 2. The molecule has 0 fully saturated rings. The molecular formula is C15H11BrN2O5. The monoisotopic (exact) mass is 378 g/mol. The number of non-ortho nitro benzene ring substituents is 1. The van der Waals surface area contributed by atoms with Crippen LogP contribution in [0, 0.1) is 17.0 Å². The van der Waals surface area contributed by atoms with E-state index in [1.165, 1.54) is 36.5 Å². The van der Waals surface area contributed by atoms with Crippen LogP contribution in [0.3, 0.4) is 0 Å². The lowest BCUT2D eigenvalue weighted by molar-refractivity contribution is -0.385. The fourth-order valence-corrected chi connectivity index (χ4v) is 2.35. The lowest BCUT2D eigenvalue weighted by Gasteiger charge is -2.04. The van der Waals surface area contributed by atoms with E-state index < -0.39 is 10.9 Å². The SMILES string of the molecule is Cc1cc(C(=O)O)ccc1N=Cc1cc([N+](=O)[O-])cc(Br)c1O. The second-order valence-electron chi connectivity index (χ2n) is 4.69. The van der Waals surface area contributed by atoms with Gasteiger partial charge in [-0.2, -0.15) is 0 Å². The van der Waals surface area contributed by atoms with Gasteiger partial charge in [-0.05, 0) is 46.6 Å². The van der Waals surface area contributed by atoms with Gasteiger partial charge in [0.1, 0.15) is 5.75 Å². The number of hydrogen-bond acceptors (Lipinski definition) is 5. The van der Waals surface area contributed by atoms with Crippen LogP contribution in [0.5, 0.6) is 5.75 Å². The number of phenolic OH excluding ortho intramolecular Hbond substituents is 1. The van der Waals surface area contributed by atoms with E-state index in [4.69, 9.17) is 5.11 Å². The molecule has 0 saturated heterocycles. The summed E-state index contributed by atoms with van der Waals surface area (Å²) in [5.74, 6) is -1.21. The first-order valence-electron chi connectivity index (χ1n) is 6.34. The van der Waals surface area contributed by atoms with Crippen molar-refractivity contribution in [1.29, 1.82) is 0 Å². The van der Waals surface area contributed by atoms with E-state index in [0.717, 1.165) is 0 Å². The van der Waals surface area contributed by atoms with Crippen LogP contribution in [-0.4, -0.2) is 27.3 Å². The number of halogens is 1. The quantitative estimate of drug-likeness (QED) is 0.476. The van der Waals surface area contributed by atoms with Crippen LogP contribution in [0.2, 0.25) is 0 Å². The van der Waals surface area contributed by atoms with Crippen molar-refractivity contribution in [3.8, 4) is 5.75 Å². The zero-order chi connectivity index (χ0) is 17.1. The topological polar surface area (TPSA) is 113 Å². The molecule has 0 aliphatic heterocycles. The Morgan fingerprint density at radius 3 is 2.61 bits per heavy atom. The maximum atomic E-state index is 10.9. The fraction of sp³-hybridized carbons (Fsp3) is 0.0667. The number of benzene rings is 2. The zero-order valence-electron chi connectivity index (χ0n) is 11.9. The van der Waals surface area contributed by atoms with Crippen molar-refractivity contribution >= 4 is 39.5 Å². The molecule has 23 heavy (non-hydrogen) atoms. The van der Waals surface area contributed by atoms with Crippen molar-refractivity contribution in [1.82, 2.24) is 0 Å². The minimum atomic E-state index is -1.04. The number of phenols is 1. The standard InChI is InChI=1S/C15H11BrN2O5/c1-8-4-9(15(20)21)2-3-13(8)17-7-10-5-11(18(22)23)6-12(16)14(10)19/h2-7,19H,1H3,(H,20,21). The molecule has 118 valence electrons. The highest BCUT2D eigenvalue weighted by Gasteiger charge is 2.13. The lowest BCUT2D eigenvalue weighted by Crippen LogP contribution is -1.96. The van der Waals surface area contributed by atoms with E-state index in [1.54, 1.807) is 6.92 Å². The normalized spacial score (nSPS) is 10.9. The summed E-state index contributed by atoms with van der Waals surface area (Å²) >= 11 is 3.05. The number of aromatic hydroxyl groups is 1. The van der Waals surface area contributed by atoms with Gasteiger partial charge in [-0.15, -0.1) is 0 Å². The number of nitro benzene ring substituents is 1. The van der Waals surface area contributed by atoms with Gasteiger partial charge >= 0.3 is 5.97 Å². The van der Waals surface area contributed by atoms with Crippen LogP contribution in [0.1, 0.15) is 21.5 Å². The highest BCUT2D eigenvalue weighted by Crippen LogP contribution is 2.32. The van der Waals surface area contributed by atoms with E-state index in [2.05, 4.69) is 20.9 Å². The summed E-state index contributed by atoms with van der Waals surface area (Å²) in [6.45, 7) is 1.70. The average molecular weight is 379 g/mol. The molecule has 0 bridgehead atoms. The molecule has 0 heterocycles. The summed E-state index contributed by atoms with van der Waals surface area (Å²) < 4.78 is 0.186. The van der Waals surface area contributed by atoms with Gasteiger partial charge in [-0.1, -0.05) is 0 Å². The maximum absolute atomic E-state index is 10.9. The summed E-state index contributed by atoms with van der Waals surface area (Å²) in [5, 5.41) is 29.7. The predicted molar refractivity (Wildman–Crippen MR) is 87.9 cm³/mol. The molecule has 0 atom stereocenters. The van der Waals surface area contributed by atoms with Gasteiger partial charge in [-0.25, -0.2) is 4.79 Å². The van der Waals surface area contributed by atoms with Crippen molar-refractivity contribution in [3.05, 3.63) is 61.6 Å². The Bertz CT molecular complexity index is 833. The Morgan fingerprint density at radius 1 is 1.35 bits per heavy atom. The average Bonchev–Trinajstić information content (AvgIpc) is 2.49. The Balaban J connectivity index is 2.41. The van der Waals surface area contributed by atoms with Crippen molar-refractivity contribution in [2.24, 2.45) is 4.99 Å². The molecule has 2 aromatic carbocycles. The van der Waals surface area contributed by atoms with E-state index in [1.807, 2.05) is 0 Å². The number of nitrogens with zero attached hydrogens (tertiary/aromatic N) is 2. The number of rotatable bonds is 4. The largest absolute Gasteiger partial charge is 0.506 e. The van der Waals surface area contributed by atoms with E-state index in [9.17, 15) is 20.0 Å². The molecular weight excluding hydrogens is 368 g/mol. The van der Waals surface area contributed by atoms with Crippen LogP contribution in [0.4, 0.5) is 11.4 Å². The van der Waals surface area contributed by atoms with Crippen LogP contribution in [-0.2, 0) is 0 Å². The first-order chi connectivity index (χ1) is 10.8. The molecule has 0 spiro atoms. The molecule has 0 saturated carbocycles. The van der Waals surface area contributed by atoms with Crippen LogP contribution < -0.4 is 0 Å². The first-order valence-corrected chi connectivity index (χ1v) is 7.14. The van der Waals surface area contributed by atoms with Gasteiger partial charge in [0.05, 0.1) is 20.6 Å². The van der Waals surface area contributed by atoms with Gasteiger partial charge in [0.2, 0.25) is 0 Å². The molecule has 7 nitrogen and oxygen atoms in total. The lowest BCUT2D eigenvalue weighted by atomic mass is 10.1. The molecule has 0 unspecified atom stereocenters. The highest BCUT2D eigenvalue weighted by atomic mass is 79.9. The van der Waals surface area contributed by atoms with Crippen LogP contribution >= 0.6 is 15.9 Å². The van der Waals surface area contributed by atoms with E-state index >= 15 is 0 Å². The van der Waals surface area contributed by atoms with Crippen LogP contribution in [0.15, 0.2) is 39.8 Å².